The molecule has 0 spiro atoms. The molecule has 1 fully saturated rings. The zero-order valence-electron chi connectivity index (χ0n) is 20.5. The molecule has 4 N–H and O–H groups in total. The first-order chi connectivity index (χ1) is 18.0. The molecule has 0 aromatic heterocycles. The number of likely N-dealkylation sites (tertiary alicyclic amines) is 1. The van der Waals surface area contributed by atoms with E-state index in [0.717, 1.165) is 16.7 Å². The van der Waals surface area contributed by atoms with Gasteiger partial charge in [0.25, 0.3) is 5.91 Å². The van der Waals surface area contributed by atoms with Gasteiger partial charge in [0.1, 0.15) is 6.04 Å². The molecule has 0 radical (unpaired) electrons. The minimum Gasteiger partial charge on any atom is -0.381 e. The smallest absolute Gasteiger partial charge is 0.265 e. The average Bonchev–Trinajstić information content (AvgIpc) is 3.29. The van der Waals surface area contributed by atoms with Crippen LogP contribution in [0.3, 0.4) is 0 Å². The lowest BCUT2D eigenvalue weighted by atomic mass is 10.00. The van der Waals surface area contributed by atoms with Gasteiger partial charge in [0.05, 0.1) is 6.04 Å². The summed E-state index contributed by atoms with van der Waals surface area (Å²) in [4.78, 5) is 40.3. The summed E-state index contributed by atoms with van der Waals surface area (Å²) in [5.41, 5.74) is 8.12. The van der Waals surface area contributed by atoms with Gasteiger partial charge in [-0.2, -0.15) is 0 Å². The summed E-state index contributed by atoms with van der Waals surface area (Å²) in [7, 11) is 0. The minimum absolute atomic E-state index is 0.0907. The SMILES string of the molecule is O=C(NNCc1ccccc1)C(O)C(Cc1ccccc1)NC(=O)[C@H]1CCC(=O)N1Cc1ccccc1. The first-order valence-electron chi connectivity index (χ1n) is 12.4. The van der Waals surface area contributed by atoms with Crippen molar-refractivity contribution in [2.24, 2.45) is 0 Å². The van der Waals surface area contributed by atoms with Gasteiger partial charge in [-0.05, 0) is 29.5 Å². The summed E-state index contributed by atoms with van der Waals surface area (Å²) in [5.74, 6) is -1.13. The second-order valence-corrected chi connectivity index (χ2v) is 9.14. The Balaban J connectivity index is 1.43. The van der Waals surface area contributed by atoms with Crippen LogP contribution in [0.4, 0.5) is 0 Å². The van der Waals surface area contributed by atoms with Crippen LogP contribution in [0.1, 0.15) is 29.5 Å². The van der Waals surface area contributed by atoms with Gasteiger partial charge < -0.3 is 15.3 Å². The first kappa shape index (κ1) is 26.1. The van der Waals surface area contributed by atoms with Crippen molar-refractivity contribution in [3.05, 3.63) is 108 Å². The first-order valence-corrected chi connectivity index (χ1v) is 12.4. The van der Waals surface area contributed by atoms with Gasteiger partial charge in [-0.15, -0.1) is 0 Å². The highest BCUT2D eigenvalue weighted by molar-refractivity contribution is 5.91. The van der Waals surface area contributed by atoms with E-state index in [1.54, 1.807) is 4.90 Å². The zero-order valence-corrected chi connectivity index (χ0v) is 20.5. The largest absolute Gasteiger partial charge is 0.381 e. The molecule has 3 atom stereocenters. The number of aliphatic hydroxyl groups is 1. The number of hydrazine groups is 1. The summed E-state index contributed by atoms with van der Waals surface area (Å²) in [6.07, 6.45) is -0.594. The van der Waals surface area contributed by atoms with Crippen LogP contribution in [0, 0.1) is 0 Å². The number of benzene rings is 3. The minimum atomic E-state index is -1.51. The Kier molecular flexibility index (Phi) is 9.02. The van der Waals surface area contributed by atoms with E-state index in [2.05, 4.69) is 16.2 Å². The van der Waals surface area contributed by atoms with Gasteiger partial charge in [0, 0.05) is 19.5 Å². The van der Waals surface area contributed by atoms with Crippen LogP contribution in [0.25, 0.3) is 0 Å². The molecule has 1 heterocycles. The van der Waals surface area contributed by atoms with Crippen molar-refractivity contribution < 1.29 is 19.5 Å². The highest BCUT2D eigenvalue weighted by atomic mass is 16.3. The van der Waals surface area contributed by atoms with Crippen molar-refractivity contribution in [1.82, 2.24) is 21.1 Å². The Bertz CT molecular complexity index is 1170. The summed E-state index contributed by atoms with van der Waals surface area (Å²) >= 11 is 0. The molecule has 0 bridgehead atoms. The van der Waals surface area contributed by atoms with Crippen molar-refractivity contribution in [3.8, 4) is 0 Å². The topological polar surface area (TPSA) is 111 Å². The predicted molar refractivity (Wildman–Crippen MR) is 140 cm³/mol. The molecule has 8 heteroatoms. The van der Waals surface area contributed by atoms with Crippen LogP contribution >= 0.6 is 0 Å². The lowest BCUT2D eigenvalue weighted by Gasteiger charge is -2.29. The van der Waals surface area contributed by atoms with Crippen molar-refractivity contribution in [3.63, 3.8) is 0 Å². The highest BCUT2D eigenvalue weighted by Crippen LogP contribution is 2.22. The molecular formula is C29H32N4O4. The monoisotopic (exact) mass is 500 g/mol. The molecule has 4 rings (SSSR count). The molecule has 0 saturated carbocycles. The van der Waals surface area contributed by atoms with E-state index in [0.29, 0.717) is 19.5 Å². The molecule has 2 unspecified atom stereocenters. The van der Waals surface area contributed by atoms with E-state index >= 15 is 0 Å². The molecule has 3 amide bonds. The van der Waals surface area contributed by atoms with E-state index in [1.165, 1.54) is 0 Å². The van der Waals surface area contributed by atoms with Gasteiger partial charge in [-0.3, -0.25) is 19.8 Å². The lowest BCUT2D eigenvalue weighted by Crippen LogP contribution is -2.56. The molecule has 8 nitrogen and oxygen atoms in total. The summed E-state index contributed by atoms with van der Waals surface area (Å²) < 4.78 is 0. The zero-order chi connectivity index (χ0) is 26.0. The lowest BCUT2D eigenvalue weighted by molar-refractivity contribution is -0.138. The van der Waals surface area contributed by atoms with Crippen LogP contribution in [-0.2, 0) is 33.9 Å². The van der Waals surface area contributed by atoms with E-state index < -0.39 is 24.1 Å². The van der Waals surface area contributed by atoms with E-state index in [9.17, 15) is 19.5 Å². The molecule has 1 aliphatic rings. The number of aliphatic hydroxyl groups excluding tert-OH is 1. The fourth-order valence-electron chi connectivity index (χ4n) is 4.46. The third-order valence-electron chi connectivity index (χ3n) is 6.45. The Morgan fingerprint density at radius 2 is 1.43 bits per heavy atom. The fourth-order valence-corrected chi connectivity index (χ4v) is 4.46. The van der Waals surface area contributed by atoms with Crippen molar-refractivity contribution in [2.45, 2.75) is 50.5 Å². The molecular weight excluding hydrogens is 468 g/mol. The van der Waals surface area contributed by atoms with Crippen molar-refractivity contribution in [2.75, 3.05) is 0 Å². The van der Waals surface area contributed by atoms with E-state index in [1.807, 2.05) is 91.0 Å². The van der Waals surface area contributed by atoms with Gasteiger partial charge in [0.2, 0.25) is 11.8 Å². The molecule has 1 aliphatic heterocycles. The molecule has 0 aliphatic carbocycles. The van der Waals surface area contributed by atoms with E-state index in [4.69, 9.17) is 0 Å². The maximum Gasteiger partial charge on any atom is 0.265 e. The fraction of sp³-hybridized carbons (Fsp3) is 0.276. The van der Waals surface area contributed by atoms with Crippen LogP contribution in [0.2, 0.25) is 0 Å². The van der Waals surface area contributed by atoms with Gasteiger partial charge in [0.15, 0.2) is 6.10 Å². The van der Waals surface area contributed by atoms with Crippen molar-refractivity contribution >= 4 is 17.7 Å². The van der Waals surface area contributed by atoms with Gasteiger partial charge in [-0.25, -0.2) is 5.43 Å². The molecule has 3 aromatic carbocycles. The second kappa shape index (κ2) is 12.8. The summed E-state index contributed by atoms with van der Waals surface area (Å²) in [6, 6.07) is 26.8. The summed E-state index contributed by atoms with van der Waals surface area (Å²) in [5, 5.41) is 13.8. The second-order valence-electron chi connectivity index (χ2n) is 9.14. The predicted octanol–water partition coefficient (Wildman–Crippen LogP) is 2.09. The summed E-state index contributed by atoms with van der Waals surface area (Å²) in [6.45, 7) is 0.710. The van der Waals surface area contributed by atoms with Crippen LogP contribution in [0.15, 0.2) is 91.0 Å². The number of nitrogens with zero attached hydrogens (tertiary/aromatic N) is 1. The number of rotatable bonds is 11. The Hall–Kier alpha value is -4.01. The van der Waals surface area contributed by atoms with Gasteiger partial charge >= 0.3 is 0 Å². The number of hydrogen-bond donors (Lipinski definition) is 4. The molecule has 37 heavy (non-hydrogen) atoms. The van der Waals surface area contributed by atoms with Crippen LogP contribution in [0.5, 0.6) is 0 Å². The number of hydrogen-bond acceptors (Lipinski definition) is 5. The van der Waals surface area contributed by atoms with Gasteiger partial charge in [-0.1, -0.05) is 91.0 Å². The maximum atomic E-state index is 13.4. The number of amides is 3. The van der Waals surface area contributed by atoms with Crippen LogP contribution < -0.4 is 16.2 Å². The normalized spacial score (nSPS) is 16.7. The van der Waals surface area contributed by atoms with E-state index in [-0.39, 0.29) is 24.7 Å². The van der Waals surface area contributed by atoms with Crippen LogP contribution in [-0.4, -0.2) is 45.9 Å². The average molecular weight is 501 g/mol. The molecule has 1 saturated heterocycles. The Labute approximate surface area is 216 Å². The third-order valence-corrected chi connectivity index (χ3v) is 6.45. The number of carbonyl (C=O) groups is 3. The third kappa shape index (κ3) is 7.25. The standard InChI is InChI=1S/C29H32N4O4/c34-26-17-16-25(33(26)20-23-14-8-3-9-15-23)28(36)31-24(18-21-10-4-1-5-11-21)27(35)29(37)32-30-19-22-12-6-2-7-13-22/h1-15,24-25,27,30,35H,16-20H2,(H,31,36)(H,32,37)/t24?,25-,27?/m1/s1. The number of nitrogens with one attached hydrogen (secondary N) is 3. The quantitative estimate of drug-likeness (QED) is 0.302. The Morgan fingerprint density at radius 3 is 2.05 bits per heavy atom. The van der Waals surface area contributed by atoms with Crippen molar-refractivity contribution in [1.29, 1.82) is 0 Å². The number of carbonyl (C=O) groups excluding carboxylic acids is 3. The Morgan fingerprint density at radius 1 is 0.865 bits per heavy atom. The molecule has 192 valence electrons. The molecule has 3 aromatic rings. The highest BCUT2D eigenvalue weighted by Gasteiger charge is 2.38. The maximum absolute atomic E-state index is 13.4.